The average Bonchev–Trinajstić information content (AvgIpc) is 2.67. The lowest BCUT2D eigenvalue weighted by Gasteiger charge is -2.36. The van der Waals surface area contributed by atoms with E-state index in [0.717, 1.165) is 49.0 Å². The Kier molecular flexibility index (Phi) is 5.16. The van der Waals surface area contributed by atoms with Gasteiger partial charge in [-0.3, -0.25) is 4.79 Å². The number of ether oxygens (including phenoxy) is 1. The van der Waals surface area contributed by atoms with Crippen LogP contribution in [0, 0.1) is 5.92 Å². The van der Waals surface area contributed by atoms with Gasteiger partial charge >= 0.3 is 0 Å². The molecule has 0 bridgehead atoms. The molecule has 0 N–H and O–H groups in total. The molecule has 0 spiro atoms. The summed E-state index contributed by atoms with van der Waals surface area (Å²) in [5.74, 6) is 1.95. The number of hydrogen-bond acceptors (Lipinski definition) is 5. The lowest BCUT2D eigenvalue weighted by atomic mass is 10.1. The number of carbonyl (C=O) groups is 1. The molecule has 3 rings (SSSR count). The van der Waals surface area contributed by atoms with Crippen molar-refractivity contribution >= 4 is 11.7 Å². The molecule has 2 aromatic rings. The first-order chi connectivity index (χ1) is 12.1. The van der Waals surface area contributed by atoms with E-state index in [2.05, 4.69) is 15.1 Å². The van der Waals surface area contributed by atoms with E-state index >= 15 is 0 Å². The lowest BCUT2D eigenvalue weighted by Crippen LogP contribution is -2.50. The van der Waals surface area contributed by atoms with Gasteiger partial charge in [0.1, 0.15) is 5.75 Å². The maximum absolute atomic E-state index is 12.1. The fourth-order valence-electron chi connectivity index (χ4n) is 2.93. The number of aromatic nitrogens is 2. The Hall–Kier alpha value is -2.63. The van der Waals surface area contributed by atoms with Gasteiger partial charge in [0.05, 0.1) is 12.8 Å². The van der Waals surface area contributed by atoms with E-state index in [1.165, 1.54) is 0 Å². The number of piperazine rings is 1. The summed E-state index contributed by atoms with van der Waals surface area (Å²) in [4.78, 5) is 16.2. The van der Waals surface area contributed by atoms with Gasteiger partial charge in [0.2, 0.25) is 5.91 Å². The highest BCUT2D eigenvalue weighted by atomic mass is 16.5. The topological polar surface area (TPSA) is 58.6 Å². The minimum atomic E-state index is 0.0510. The zero-order chi connectivity index (χ0) is 17.8. The van der Waals surface area contributed by atoms with E-state index in [9.17, 15) is 4.79 Å². The molecule has 1 fully saturated rings. The second kappa shape index (κ2) is 7.51. The highest BCUT2D eigenvalue weighted by Crippen LogP contribution is 2.22. The summed E-state index contributed by atoms with van der Waals surface area (Å²) in [6.45, 7) is 6.93. The third kappa shape index (κ3) is 3.90. The van der Waals surface area contributed by atoms with Crippen LogP contribution in [0.15, 0.2) is 36.4 Å². The standard InChI is InChI=1S/C19H24N4O2/c1-14(2)19(24)23-12-10-22(11-13-23)18-9-8-17(20-21-18)15-4-6-16(25-3)7-5-15/h4-9,14H,10-13H2,1-3H3. The van der Waals surface area contributed by atoms with Crippen molar-refractivity contribution in [3.05, 3.63) is 36.4 Å². The van der Waals surface area contributed by atoms with Crippen LogP contribution < -0.4 is 9.64 Å². The van der Waals surface area contributed by atoms with Crippen molar-refractivity contribution in [3.8, 4) is 17.0 Å². The minimum Gasteiger partial charge on any atom is -0.497 e. The highest BCUT2D eigenvalue weighted by Gasteiger charge is 2.23. The first-order valence-electron chi connectivity index (χ1n) is 8.60. The second-order valence-corrected chi connectivity index (χ2v) is 6.47. The molecular weight excluding hydrogens is 316 g/mol. The Morgan fingerprint density at radius 3 is 2.20 bits per heavy atom. The number of anilines is 1. The first-order valence-corrected chi connectivity index (χ1v) is 8.60. The molecule has 0 unspecified atom stereocenters. The summed E-state index contributed by atoms with van der Waals surface area (Å²) in [6, 6.07) is 11.7. The molecule has 1 aromatic heterocycles. The van der Waals surface area contributed by atoms with Crippen molar-refractivity contribution in [1.82, 2.24) is 15.1 Å². The van der Waals surface area contributed by atoms with Crippen molar-refractivity contribution in [2.45, 2.75) is 13.8 Å². The molecule has 2 heterocycles. The molecule has 0 saturated carbocycles. The quantitative estimate of drug-likeness (QED) is 0.856. The number of rotatable bonds is 4. The number of amides is 1. The SMILES string of the molecule is COc1ccc(-c2ccc(N3CCN(C(=O)C(C)C)CC3)nn2)cc1. The number of hydrogen-bond donors (Lipinski definition) is 0. The zero-order valence-electron chi connectivity index (χ0n) is 15.0. The second-order valence-electron chi connectivity index (χ2n) is 6.47. The van der Waals surface area contributed by atoms with Gasteiger partial charge in [-0.1, -0.05) is 13.8 Å². The van der Waals surface area contributed by atoms with Crippen molar-refractivity contribution in [3.63, 3.8) is 0 Å². The molecule has 1 aromatic carbocycles. The number of methoxy groups -OCH3 is 1. The summed E-state index contributed by atoms with van der Waals surface area (Å²) in [5, 5.41) is 8.72. The van der Waals surface area contributed by atoms with Crippen molar-refractivity contribution in [1.29, 1.82) is 0 Å². The Morgan fingerprint density at radius 2 is 1.68 bits per heavy atom. The Morgan fingerprint density at radius 1 is 1.00 bits per heavy atom. The third-order valence-corrected chi connectivity index (χ3v) is 4.45. The molecule has 0 aliphatic carbocycles. The van der Waals surface area contributed by atoms with E-state index in [-0.39, 0.29) is 11.8 Å². The highest BCUT2D eigenvalue weighted by molar-refractivity contribution is 5.78. The molecule has 1 aliphatic heterocycles. The largest absolute Gasteiger partial charge is 0.497 e. The van der Waals surface area contributed by atoms with Crippen molar-refractivity contribution in [2.24, 2.45) is 5.92 Å². The summed E-state index contributed by atoms with van der Waals surface area (Å²) >= 11 is 0. The van der Waals surface area contributed by atoms with E-state index in [4.69, 9.17) is 4.74 Å². The van der Waals surface area contributed by atoms with E-state index in [1.54, 1.807) is 7.11 Å². The number of carbonyl (C=O) groups excluding carboxylic acids is 1. The van der Waals surface area contributed by atoms with Gasteiger partial charge < -0.3 is 14.5 Å². The summed E-state index contributed by atoms with van der Waals surface area (Å²) < 4.78 is 5.17. The van der Waals surface area contributed by atoms with E-state index < -0.39 is 0 Å². The number of benzene rings is 1. The first kappa shape index (κ1) is 17.2. The maximum Gasteiger partial charge on any atom is 0.225 e. The van der Waals surface area contributed by atoms with Crippen LogP contribution in [-0.4, -0.2) is 54.3 Å². The van der Waals surface area contributed by atoms with Crippen molar-refractivity contribution < 1.29 is 9.53 Å². The Balaban J connectivity index is 1.64. The molecule has 1 saturated heterocycles. The van der Waals surface area contributed by atoms with Crippen LogP contribution in [0.25, 0.3) is 11.3 Å². The Labute approximate surface area is 148 Å². The lowest BCUT2D eigenvalue weighted by molar-refractivity contribution is -0.134. The van der Waals surface area contributed by atoms with Crippen LogP contribution in [0.3, 0.4) is 0 Å². The normalized spacial score (nSPS) is 14.7. The van der Waals surface area contributed by atoms with Gasteiger partial charge in [0, 0.05) is 37.7 Å². The van der Waals surface area contributed by atoms with Gasteiger partial charge in [-0.2, -0.15) is 0 Å². The molecule has 132 valence electrons. The van der Waals surface area contributed by atoms with Crippen LogP contribution in [0.1, 0.15) is 13.8 Å². The van der Waals surface area contributed by atoms with Crippen LogP contribution in [0.5, 0.6) is 5.75 Å². The monoisotopic (exact) mass is 340 g/mol. The predicted molar refractivity (Wildman–Crippen MR) is 97.7 cm³/mol. The van der Waals surface area contributed by atoms with Gasteiger partial charge in [0.25, 0.3) is 0 Å². The van der Waals surface area contributed by atoms with E-state index in [1.807, 2.05) is 55.1 Å². The van der Waals surface area contributed by atoms with Crippen LogP contribution in [0.2, 0.25) is 0 Å². The van der Waals surface area contributed by atoms with E-state index in [0.29, 0.717) is 0 Å². The molecule has 6 heteroatoms. The molecule has 0 radical (unpaired) electrons. The molecule has 1 amide bonds. The van der Waals surface area contributed by atoms with Crippen molar-refractivity contribution in [2.75, 3.05) is 38.2 Å². The van der Waals surface area contributed by atoms with Gasteiger partial charge in [-0.05, 0) is 36.4 Å². The molecular formula is C19H24N4O2. The zero-order valence-corrected chi connectivity index (χ0v) is 15.0. The maximum atomic E-state index is 12.1. The fraction of sp³-hybridized carbons (Fsp3) is 0.421. The molecule has 25 heavy (non-hydrogen) atoms. The summed E-state index contributed by atoms with van der Waals surface area (Å²) in [5.41, 5.74) is 1.84. The van der Waals surface area contributed by atoms with Gasteiger partial charge in [-0.25, -0.2) is 0 Å². The van der Waals surface area contributed by atoms with Crippen LogP contribution in [0.4, 0.5) is 5.82 Å². The molecule has 1 aliphatic rings. The molecule has 0 atom stereocenters. The number of nitrogens with zero attached hydrogens (tertiary/aromatic N) is 4. The third-order valence-electron chi connectivity index (χ3n) is 4.45. The smallest absolute Gasteiger partial charge is 0.225 e. The summed E-state index contributed by atoms with van der Waals surface area (Å²) in [6.07, 6.45) is 0. The predicted octanol–water partition coefficient (Wildman–Crippen LogP) is 2.46. The van der Waals surface area contributed by atoms with Crippen LogP contribution in [-0.2, 0) is 4.79 Å². The van der Waals surface area contributed by atoms with Gasteiger partial charge in [-0.15, -0.1) is 10.2 Å². The summed E-state index contributed by atoms with van der Waals surface area (Å²) in [7, 11) is 1.65. The van der Waals surface area contributed by atoms with Gasteiger partial charge in [0.15, 0.2) is 5.82 Å². The minimum absolute atomic E-state index is 0.0510. The van der Waals surface area contributed by atoms with Crippen LogP contribution >= 0.6 is 0 Å². The Bertz CT molecular complexity index is 705. The molecule has 6 nitrogen and oxygen atoms in total. The fourth-order valence-corrected chi connectivity index (χ4v) is 2.93. The average molecular weight is 340 g/mol.